The minimum absolute atomic E-state index is 1.15. The van der Waals surface area contributed by atoms with E-state index in [1.165, 1.54) is 48.8 Å². The van der Waals surface area contributed by atoms with Crippen molar-refractivity contribution in [3.8, 4) is 0 Å². The van der Waals surface area contributed by atoms with Gasteiger partial charge in [0.25, 0.3) is 0 Å². The molecule has 49 heavy (non-hydrogen) atoms. The van der Waals surface area contributed by atoms with E-state index in [4.69, 9.17) is 0 Å². The van der Waals surface area contributed by atoms with E-state index in [1.807, 2.05) is 0 Å². The van der Waals surface area contributed by atoms with Crippen LogP contribution >= 0.6 is 23.5 Å². The van der Waals surface area contributed by atoms with Crippen molar-refractivity contribution in [2.75, 3.05) is 12.5 Å². The van der Waals surface area contributed by atoms with Crippen molar-refractivity contribution in [2.24, 2.45) is 0 Å². The van der Waals surface area contributed by atoms with Gasteiger partial charge in [-0.1, -0.05) is 181 Å². The van der Waals surface area contributed by atoms with Crippen LogP contribution in [-0.2, 0) is 0 Å². The van der Waals surface area contributed by atoms with Crippen LogP contribution in [0.5, 0.6) is 0 Å². The topological polar surface area (TPSA) is 0 Å². The van der Waals surface area contributed by atoms with Crippen LogP contribution < -0.4 is 0 Å². The summed E-state index contributed by atoms with van der Waals surface area (Å²) < 4.78 is 0. The molecule has 0 fully saturated rings. The molecule has 0 aliphatic carbocycles. The van der Waals surface area contributed by atoms with Crippen molar-refractivity contribution in [1.82, 2.24) is 0 Å². The minimum atomic E-state index is 1.15. The van der Waals surface area contributed by atoms with Crippen LogP contribution in [0.15, 0.2) is 197 Å². The van der Waals surface area contributed by atoms with Gasteiger partial charge in [-0.3, -0.25) is 0 Å². The first kappa shape index (κ1) is 37.1. The molecule has 0 saturated heterocycles. The number of allylic oxidation sites excluding steroid dienone is 16. The Morgan fingerprint density at radius 3 is 1.31 bits per heavy atom. The van der Waals surface area contributed by atoms with Crippen LogP contribution in [0.2, 0.25) is 0 Å². The number of thioether (sulfide) groups is 2. The average Bonchev–Trinajstić information content (AvgIpc) is 3.14. The van der Waals surface area contributed by atoms with Gasteiger partial charge in [0.1, 0.15) is 0 Å². The first-order chi connectivity index (χ1) is 23.9. The van der Waals surface area contributed by atoms with E-state index in [1.54, 1.807) is 23.5 Å². The standard InChI is InChI=1S/C47H46S2/c1-37(13-11-15-40-25-33-46(48-4)34-26-40)21-29-43(42-17-7-6-8-18-42)19-9-10-20-44(45-31-23-39(3)24-32-45)30-22-38(2)14-12-16-41-27-35-47(49-5)36-28-41/h6-36H,1-5H3/b10-9+,15-11+,16-12+,29-21+,30-22+,37-13+,38-14+,43-19-,44-20-. The summed E-state index contributed by atoms with van der Waals surface area (Å²) in [7, 11) is 0. The van der Waals surface area contributed by atoms with Gasteiger partial charge in [-0.05, 0) is 90.9 Å². The maximum Gasteiger partial charge on any atom is 0.00695 e. The van der Waals surface area contributed by atoms with Gasteiger partial charge < -0.3 is 0 Å². The molecule has 0 atom stereocenters. The highest BCUT2D eigenvalue weighted by Crippen LogP contribution is 2.21. The van der Waals surface area contributed by atoms with Crippen LogP contribution in [0.1, 0.15) is 41.7 Å². The lowest BCUT2D eigenvalue weighted by molar-refractivity contribution is 1.45. The molecule has 2 heteroatoms. The van der Waals surface area contributed by atoms with E-state index < -0.39 is 0 Å². The Morgan fingerprint density at radius 2 is 0.878 bits per heavy atom. The van der Waals surface area contributed by atoms with Gasteiger partial charge in [0.2, 0.25) is 0 Å². The van der Waals surface area contributed by atoms with Crippen LogP contribution in [0.4, 0.5) is 0 Å². The van der Waals surface area contributed by atoms with Crippen LogP contribution in [0, 0.1) is 6.92 Å². The smallest absolute Gasteiger partial charge is 0.00695 e. The van der Waals surface area contributed by atoms with Gasteiger partial charge >= 0.3 is 0 Å². The summed E-state index contributed by atoms with van der Waals surface area (Å²) in [6.45, 7) is 6.39. The summed E-state index contributed by atoms with van der Waals surface area (Å²) in [5.41, 5.74) is 10.7. The quantitative estimate of drug-likeness (QED) is 0.0964. The predicted octanol–water partition coefficient (Wildman–Crippen LogP) is 13.9. The molecule has 0 aliphatic heterocycles. The molecule has 0 aromatic heterocycles. The summed E-state index contributed by atoms with van der Waals surface area (Å²) in [6.07, 6.45) is 34.4. The molecule has 4 rings (SSSR count). The Labute approximate surface area is 303 Å². The molecule has 0 spiro atoms. The van der Waals surface area contributed by atoms with Crippen LogP contribution in [-0.4, -0.2) is 12.5 Å². The van der Waals surface area contributed by atoms with E-state index in [9.17, 15) is 0 Å². The Hall–Kier alpha value is -4.76. The number of benzene rings is 4. The fourth-order valence-electron chi connectivity index (χ4n) is 4.80. The third kappa shape index (κ3) is 13.3. The molecule has 0 amide bonds. The lowest BCUT2D eigenvalue weighted by Crippen LogP contribution is -1.82. The minimum Gasteiger partial charge on any atom is -0.130 e. The monoisotopic (exact) mass is 674 g/mol. The summed E-state index contributed by atoms with van der Waals surface area (Å²) in [6, 6.07) is 36.5. The van der Waals surface area contributed by atoms with Crippen LogP contribution in [0.25, 0.3) is 23.3 Å². The van der Waals surface area contributed by atoms with Crippen molar-refractivity contribution in [3.05, 3.63) is 215 Å². The third-order valence-corrected chi connectivity index (χ3v) is 9.22. The van der Waals surface area contributed by atoms with E-state index in [2.05, 4.69) is 221 Å². The van der Waals surface area contributed by atoms with Crippen molar-refractivity contribution in [2.45, 2.75) is 30.6 Å². The molecular weight excluding hydrogens is 629 g/mol. The maximum absolute atomic E-state index is 2.20. The number of hydrogen-bond acceptors (Lipinski definition) is 2. The molecule has 246 valence electrons. The average molecular weight is 675 g/mol. The van der Waals surface area contributed by atoms with Gasteiger partial charge in [-0.15, -0.1) is 23.5 Å². The van der Waals surface area contributed by atoms with E-state index in [0.717, 1.165) is 11.1 Å². The second-order valence-electron chi connectivity index (χ2n) is 11.6. The van der Waals surface area contributed by atoms with Crippen LogP contribution in [0.3, 0.4) is 0 Å². The molecule has 0 N–H and O–H groups in total. The largest absolute Gasteiger partial charge is 0.130 e. The fraction of sp³-hybridized carbons (Fsp3) is 0.106. The molecule has 0 bridgehead atoms. The first-order valence-corrected chi connectivity index (χ1v) is 18.9. The highest BCUT2D eigenvalue weighted by molar-refractivity contribution is 7.98. The lowest BCUT2D eigenvalue weighted by Gasteiger charge is -2.04. The lowest BCUT2D eigenvalue weighted by atomic mass is 10.0. The molecule has 0 radical (unpaired) electrons. The van der Waals surface area contributed by atoms with Crippen molar-refractivity contribution in [3.63, 3.8) is 0 Å². The van der Waals surface area contributed by atoms with E-state index >= 15 is 0 Å². The highest BCUT2D eigenvalue weighted by atomic mass is 32.2. The van der Waals surface area contributed by atoms with Gasteiger partial charge in [0.15, 0.2) is 0 Å². The SMILES string of the molecule is CSc1ccc(/C=C/C=C(C)/C=C/C(=C/C=C/C=C(/C=C/C(C)=C/C=C/c2ccc(SC)cc2)c2ccc(C)cc2)c2ccccc2)cc1. The maximum atomic E-state index is 2.20. The molecule has 4 aromatic rings. The Balaban J connectivity index is 1.52. The van der Waals surface area contributed by atoms with Gasteiger partial charge in [-0.2, -0.15) is 0 Å². The van der Waals surface area contributed by atoms with Crippen molar-refractivity contribution < 1.29 is 0 Å². The molecule has 0 aliphatic rings. The van der Waals surface area contributed by atoms with E-state index in [-0.39, 0.29) is 0 Å². The zero-order chi connectivity index (χ0) is 34.7. The predicted molar refractivity (Wildman–Crippen MR) is 223 cm³/mol. The molecule has 4 aromatic carbocycles. The number of rotatable bonds is 14. The number of aryl methyl sites for hydroxylation is 1. The first-order valence-electron chi connectivity index (χ1n) is 16.5. The summed E-state index contributed by atoms with van der Waals surface area (Å²) in [4.78, 5) is 2.55. The second-order valence-corrected chi connectivity index (χ2v) is 13.4. The van der Waals surface area contributed by atoms with Gasteiger partial charge in [0.05, 0.1) is 0 Å². The molecular formula is C47H46S2. The molecule has 0 saturated carbocycles. The summed E-state index contributed by atoms with van der Waals surface area (Å²) in [5.74, 6) is 0. The fourth-order valence-corrected chi connectivity index (χ4v) is 5.61. The zero-order valence-corrected chi connectivity index (χ0v) is 30.8. The molecule has 0 nitrogen and oxygen atoms in total. The molecule has 0 unspecified atom stereocenters. The van der Waals surface area contributed by atoms with Gasteiger partial charge in [-0.25, -0.2) is 0 Å². The van der Waals surface area contributed by atoms with Gasteiger partial charge in [0, 0.05) is 9.79 Å². The Morgan fingerprint density at radius 1 is 0.449 bits per heavy atom. The highest BCUT2D eigenvalue weighted by Gasteiger charge is 1.99. The summed E-state index contributed by atoms with van der Waals surface area (Å²) in [5, 5.41) is 0. The normalized spacial score (nSPS) is 13.7. The zero-order valence-electron chi connectivity index (χ0n) is 29.2. The molecule has 0 heterocycles. The second kappa shape index (κ2) is 20.6. The Bertz CT molecular complexity index is 1890. The van der Waals surface area contributed by atoms with Crippen molar-refractivity contribution >= 4 is 46.8 Å². The van der Waals surface area contributed by atoms with E-state index in [0.29, 0.717) is 0 Å². The van der Waals surface area contributed by atoms with Crippen molar-refractivity contribution in [1.29, 1.82) is 0 Å². The summed E-state index contributed by atoms with van der Waals surface area (Å²) >= 11 is 3.52. The third-order valence-electron chi connectivity index (χ3n) is 7.73. The number of hydrogen-bond donors (Lipinski definition) is 0. The Kier molecular flexibility index (Phi) is 15.6.